The molecule has 0 aliphatic rings. The highest BCUT2D eigenvalue weighted by Gasteiger charge is 2.30. The van der Waals surface area contributed by atoms with Crippen molar-refractivity contribution in [3.63, 3.8) is 0 Å². The predicted molar refractivity (Wildman–Crippen MR) is 115 cm³/mol. The maximum Gasteiger partial charge on any atom is 0.309 e. The first-order chi connectivity index (χ1) is 12.8. The molecule has 4 nitrogen and oxygen atoms in total. The van der Waals surface area contributed by atoms with Crippen molar-refractivity contribution < 1.29 is 19.5 Å². The molecule has 0 aromatic rings. The van der Waals surface area contributed by atoms with Gasteiger partial charge in [0.15, 0.2) is 0 Å². The number of aliphatic hydroxyl groups is 1. The highest BCUT2D eigenvalue weighted by atomic mass is 16.4. The molecule has 0 aromatic carbocycles. The van der Waals surface area contributed by atoms with Crippen molar-refractivity contribution in [2.45, 2.75) is 109 Å². The molecular formula is C23H48NO3+. The van der Waals surface area contributed by atoms with Gasteiger partial charge >= 0.3 is 5.97 Å². The largest absolute Gasteiger partial charge is 0.481 e. The van der Waals surface area contributed by atoms with Gasteiger partial charge in [0, 0.05) is 0 Å². The van der Waals surface area contributed by atoms with E-state index in [1.54, 1.807) is 0 Å². The Morgan fingerprint density at radius 2 is 1.11 bits per heavy atom. The first-order valence-corrected chi connectivity index (χ1v) is 11.5. The molecule has 4 heteroatoms. The van der Waals surface area contributed by atoms with Gasteiger partial charge in [0.1, 0.15) is 12.6 Å². The average Bonchev–Trinajstić information content (AvgIpc) is 2.56. The second kappa shape index (κ2) is 16.4. The molecule has 0 radical (unpaired) electrons. The molecule has 2 atom stereocenters. The molecular weight excluding hydrogens is 338 g/mol. The number of likely N-dealkylation sites (N-methyl/N-ethyl adjacent to an activating group) is 1. The van der Waals surface area contributed by atoms with Crippen LogP contribution in [-0.2, 0) is 4.79 Å². The summed E-state index contributed by atoms with van der Waals surface area (Å²) in [6.07, 6.45) is 18.0. The van der Waals surface area contributed by atoms with Gasteiger partial charge in [0.2, 0.25) is 0 Å². The minimum absolute atomic E-state index is 0.482. The van der Waals surface area contributed by atoms with Gasteiger partial charge in [-0.15, -0.1) is 0 Å². The topological polar surface area (TPSA) is 57.5 Å². The van der Waals surface area contributed by atoms with Gasteiger partial charge in [0.25, 0.3) is 0 Å². The number of nitrogens with zero attached hydrogens (tertiary/aromatic N) is 1. The van der Waals surface area contributed by atoms with Gasteiger partial charge in [-0.1, -0.05) is 96.8 Å². The third kappa shape index (κ3) is 17.2. The van der Waals surface area contributed by atoms with Gasteiger partial charge in [-0.25, -0.2) is 0 Å². The first-order valence-electron chi connectivity index (χ1n) is 11.5. The average molecular weight is 387 g/mol. The van der Waals surface area contributed by atoms with Crippen molar-refractivity contribution in [1.29, 1.82) is 0 Å². The molecule has 0 aliphatic heterocycles. The highest BCUT2D eigenvalue weighted by molar-refractivity contribution is 5.70. The Labute approximate surface area is 168 Å². The number of aliphatic carboxylic acids is 1. The summed E-state index contributed by atoms with van der Waals surface area (Å²) in [7, 11) is 5.94. The zero-order chi connectivity index (χ0) is 20.5. The van der Waals surface area contributed by atoms with E-state index >= 15 is 0 Å². The minimum Gasteiger partial charge on any atom is -0.481 e. The second-order valence-corrected chi connectivity index (χ2v) is 9.37. The van der Waals surface area contributed by atoms with Crippen LogP contribution in [0.4, 0.5) is 0 Å². The molecule has 0 aromatic heterocycles. The number of hydrogen-bond donors (Lipinski definition) is 2. The zero-order valence-electron chi connectivity index (χ0n) is 18.7. The van der Waals surface area contributed by atoms with Crippen molar-refractivity contribution in [2.24, 2.45) is 5.92 Å². The molecule has 0 heterocycles. The Balaban J connectivity index is 3.57. The smallest absolute Gasteiger partial charge is 0.309 e. The molecule has 2 N–H and O–H groups in total. The molecule has 27 heavy (non-hydrogen) atoms. The van der Waals surface area contributed by atoms with E-state index in [1.165, 1.54) is 77.0 Å². The molecule has 0 saturated heterocycles. The summed E-state index contributed by atoms with van der Waals surface area (Å²) >= 11 is 0. The lowest BCUT2D eigenvalue weighted by atomic mass is 9.94. The highest BCUT2D eigenvalue weighted by Crippen LogP contribution is 2.18. The van der Waals surface area contributed by atoms with Gasteiger partial charge < -0.3 is 14.7 Å². The van der Waals surface area contributed by atoms with Gasteiger partial charge in [-0.2, -0.15) is 0 Å². The number of carboxylic acid groups (broad SMARTS) is 1. The van der Waals surface area contributed by atoms with Crippen molar-refractivity contribution in [1.82, 2.24) is 0 Å². The number of rotatable bonds is 19. The summed E-state index contributed by atoms with van der Waals surface area (Å²) in [5.74, 6) is -1.48. The van der Waals surface area contributed by atoms with E-state index in [0.29, 0.717) is 17.4 Å². The van der Waals surface area contributed by atoms with Crippen LogP contribution in [0.5, 0.6) is 0 Å². The number of aliphatic hydroxyl groups excluding tert-OH is 1. The maximum absolute atomic E-state index is 11.4. The fourth-order valence-electron chi connectivity index (χ4n) is 3.73. The lowest BCUT2D eigenvalue weighted by Crippen LogP contribution is -2.45. The van der Waals surface area contributed by atoms with Crippen LogP contribution in [0.15, 0.2) is 0 Å². The number of unbranched alkanes of at least 4 members (excludes halogenated alkanes) is 13. The van der Waals surface area contributed by atoms with Gasteiger partial charge in [-0.3, -0.25) is 4.79 Å². The summed E-state index contributed by atoms with van der Waals surface area (Å²) in [6.45, 7) is 2.75. The van der Waals surface area contributed by atoms with Crippen LogP contribution < -0.4 is 0 Å². The fourth-order valence-corrected chi connectivity index (χ4v) is 3.73. The normalized spacial score (nSPS) is 14.3. The quantitative estimate of drug-likeness (QED) is 0.223. The van der Waals surface area contributed by atoms with Crippen LogP contribution in [0.25, 0.3) is 0 Å². The summed E-state index contributed by atoms with van der Waals surface area (Å²) in [5.41, 5.74) is 0. The molecule has 0 aliphatic carbocycles. The Bertz CT molecular complexity index is 352. The predicted octanol–water partition coefficient (Wildman–Crippen LogP) is 5.63. The molecule has 0 bridgehead atoms. The summed E-state index contributed by atoms with van der Waals surface area (Å²) < 4.78 is 0.587. The van der Waals surface area contributed by atoms with Crippen LogP contribution in [0.3, 0.4) is 0 Å². The summed E-state index contributed by atoms with van der Waals surface area (Å²) in [5, 5.41) is 19.6. The third-order valence-corrected chi connectivity index (χ3v) is 5.39. The zero-order valence-corrected chi connectivity index (χ0v) is 18.7. The number of carboxylic acids is 1. The van der Waals surface area contributed by atoms with Crippen LogP contribution in [0.1, 0.15) is 103 Å². The van der Waals surface area contributed by atoms with E-state index in [0.717, 1.165) is 12.8 Å². The van der Waals surface area contributed by atoms with Crippen LogP contribution >= 0.6 is 0 Å². The molecule has 162 valence electrons. The van der Waals surface area contributed by atoms with Crippen molar-refractivity contribution >= 4 is 5.97 Å². The second-order valence-electron chi connectivity index (χ2n) is 9.37. The standard InChI is InChI=1S/C23H47NO3/c1-5-6-7-8-9-10-11-12-13-14-15-16-17-18-19-21(23(26)27)22(25)20-24(2,3)4/h21-22,25H,5-20H2,1-4H3/p+1. The van der Waals surface area contributed by atoms with E-state index in [2.05, 4.69) is 6.92 Å². The number of quaternary nitrogens is 1. The molecule has 0 rings (SSSR count). The Kier molecular flexibility index (Phi) is 16.0. The van der Waals surface area contributed by atoms with E-state index in [1.807, 2.05) is 21.1 Å². The minimum atomic E-state index is -0.856. The van der Waals surface area contributed by atoms with E-state index in [4.69, 9.17) is 0 Å². The number of hydrogen-bond acceptors (Lipinski definition) is 2. The first kappa shape index (κ1) is 26.4. The van der Waals surface area contributed by atoms with Crippen LogP contribution in [0.2, 0.25) is 0 Å². The monoisotopic (exact) mass is 386 g/mol. The van der Waals surface area contributed by atoms with Gasteiger partial charge in [-0.05, 0) is 6.42 Å². The Hall–Kier alpha value is -0.610. The van der Waals surface area contributed by atoms with E-state index in [9.17, 15) is 15.0 Å². The lowest BCUT2D eigenvalue weighted by Gasteiger charge is -2.29. The van der Waals surface area contributed by atoms with Crippen molar-refractivity contribution in [3.05, 3.63) is 0 Å². The Morgan fingerprint density at radius 3 is 1.44 bits per heavy atom. The summed E-state index contributed by atoms with van der Waals surface area (Å²) in [4.78, 5) is 11.4. The van der Waals surface area contributed by atoms with Gasteiger partial charge in [0.05, 0.1) is 27.1 Å². The van der Waals surface area contributed by atoms with Crippen molar-refractivity contribution in [2.75, 3.05) is 27.7 Å². The maximum atomic E-state index is 11.4. The Morgan fingerprint density at radius 1 is 0.741 bits per heavy atom. The fraction of sp³-hybridized carbons (Fsp3) is 0.957. The molecule has 2 unspecified atom stereocenters. The molecule has 0 saturated carbocycles. The third-order valence-electron chi connectivity index (χ3n) is 5.39. The van der Waals surface area contributed by atoms with E-state index in [-0.39, 0.29) is 0 Å². The van der Waals surface area contributed by atoms with Crippen LogP contribution in [-0.4, -0.2) is 54.5 Å². The van der Waals surface area contributed by atoms with E-state index < -0.39 is 18.0 Å². The lowest BCUT2D eigenvalue weighted by molar-refractivity contribution is -0.874. The summed E-state index contributed by atoms with van der Waals surface area (Å²) in [6, 6.07) is 0. The SMILES string of the molecule is CCCCCCCCCCCCCCCCC(C(=O)O)C(O)C[N+](C)(C)C. The molecule has 0 amide bonds. The molecule has 0 fully saturated rings. The van der Waals surface area contributed by atoms with Crippen molar-refractivity contribution in [3.8, 4) is 0 Å². The molecule has 0 spiro atoms. The number of carbonyl (C=O) groups is 1. The van der Waals surface area contributed by atoms with Crippen LogP contribution in [0, 0.1) is 5.92 Å².